The van der Waals surface area contributed by atoms with Crippen molar-refractivity contribution in [3.05, 3.63) is 57.8 Å². The first-order chi connectivity index (χ1) is 14.2. The van der Waals surface area contributed by atoms with Crippen LogP contribution in [0.2, 0.25) is 0 Å². The summed E-state index contributed by atoms with van der Waals surface area (Å²) in [5.41, 5.74) is 2.39. The molecular formula is C21H26N4O4S. The van der Waals surface area contributed by atoms with Crippen LogP contribution in [0, 0.1) is 23.0 Å². The number of rotatable bonds is 5. The van der Waals surface area contributed by atoms with E-state index in [-0.39, 0.29) is 11.1 Å². The van der Waals surface area contributed by atoms with Gasteiger partial charge in [-0.25, -0.2) is 13.4 Å². The minimum atomic E-state index is -3.32. The molecule has 2 aromatic rings. The van der Waals surface area contributed by atoms with Crippen LogP contribution >= 0.6 is 0 Å². The van der Waals surface area contributed by atoms with Crippen LogP contribution in [-0.2, 0) is 15.4 Å². The topological polar surface area (TPSA) is 105 Å². The van der Waals surface area contributed by atoms with Crippen LogP contribution in [0.1, 0.15) is 36.8 Å². The van der Waals surface area contributed by atoms with Gasteiger partial charge in [0.1, 0.15) is 0 Å². The van der Waals surface area contributed by atoms with E-state index in [4.69, 9.17) is 0 Å². The van der Waals surface area contributed by atoms with Crippen molar-refractivity contribution in [2.24, 2.45) is 5.92 Å². The molecule has 0 atom stereocenters. The number of sulfonamides is 1. The summed E-state index contributed by atoms with van der Waals surface area (Å²) in [6, 6.07) is 9.44. The number of hydrogen-bond acceptors (Lipinski definition) is 6. The number of nitro groups is 1. The number of hydrogen-bond donors (Lipinski definition) is 1. The number of aryl methyl sites for hydroxylation is 1. The fourth-order valence-electron chi connectivity index (χ4n) is 4.89. The van der Waals surface area contributed by atoms with E-state index in [9.17, 15) is 18.5 Å². The Kier molecular flexibility index (Phi) is 5.17. The first-order valence-corrected chi connectivity index (χ1v) is 12.0. The molecule has 0 unspecified atom stereocenters. The number of pyridine rings is 1. The van der Waals surface area contributed by atoms with Gasteiger partial charge in [-0.05, 0) is 56.2 Å². The average Bonchev–Trinajstić information content (AvgIpc) is 3.02. The van der Waals surface area contributed by atoms with Crippen LogP contribution in [0.15, 0.2) is 36.5 Å². The van der Waals surface area contributed by atoms with Gasteiger partial charge in [-0.2, -0.15) is 0 Å². The molecule has 0 amide bonds. The summed E-state index contributed by atoms with van der Waals surface area (Å²) >= 11 is 0. The molecule has 0 radical (unpaired) electrons. The standard InChI is InChI=1S/C21H26N4O4S/c1-15-9-12-22-20(19(15)25(26)27)23-13-16-7-10-21(11-8-16)14-24(30(2,28)29)18-6-4-3-5-17(18)21/h3-6,9,12,16H,7-8,10-11,13-14H2,1-2H3,(H,22,23). The summed E-state index contributed by atoms with van der Waals surface area (Å²) in [7, 11) is -3.32. The first-order valence-electron chi connectivity index (χ1n) is 10.1. The molecule has 1 saturated carbocycles. The zero-order chi connectivity index (χ0) is 21.5. The molecule has 1 aliphatic heterocycles. The summed E-state index contributed by atoms with van der Waals surface area (Å²) in [5, 5.41) is 14.5. The van der Waals surface area contributed by atoms with E-state index in [1.165, 1.54) is 6.26 Å². The lowest BCUT2D eigenvalue weighted by Crippen LogP contribution is -2.40. The molecule has 2 heterocycles. The van der Waals surface area contributed by atoms with Crippen molar-refractivity contribution < 1.29 is 13.3 Å². The molecule has 1 N–H and O–H groups in total. The Bertz CT molecular complexity index is 1080. The van der Waals surface area contributed by atoms with E-state index in [1.807, 2.05) is 18.2 Å². The highest BCUT2D eigenvalue weighted by atomic mass is 32.2. The highest BCUT2D eigenvalue weighted by Gasteiger charge is 2.47. The minimum Gasteiger partial charge on any atom is -0.364 e. The van der Waals surface area contributed by atoms with Crippen LogP contribution in [-0.4, -0.2) is 37.7 Å². The number of benzene rings is 1. The second-order valence-corrected chi connectivity index (χ2v) is 10.4. The summed E-state index contributed by atoms with van der Waals surface area (Å²) in [5.74, 6) is 0.673. The van der Waals surface area contributed by atoms with Crippen LogP contribution in [0.4, 0.5) is 17.2 Å². The van der Waals surface area contributed by atoms with Gasteiger partial charge >= 0.3 is 5.69 Å². The van der Waals surface area contributed by atoms with Crippen molar-refractivity contribution >= 4 is 27.2 Å². The van der Waals surface area contributed by atoms with Crippen molar-refractivity contribution in [1.82, 2.24) is 4.98 Å². The summed E-state index contributed by atoms with van der Waals surface area (Å²) < 4.78 is 26.2. The number of nitrogens with one attached hydrogen (secondary N) is 1. The molecule has 0 saturated heterocycles. The molecule has 4 rings (SSSR count). The summed E-state index contributed by atoms with van der Waals surface area (Å²) in [6.07, 6.45) is 6.49. The highest BCUT2D eigenvalue weighted by molar-refractivity contribution is 7.92. The molecule has 9 heteroatoms. The van der Waals surface area contributed by atoms with Gasteiger partial charge in [-0.1, -0.05) is 18.2 Å². The maximum atomic E-state index is 12.3. The third kappa shape index (κ3) is 3.62. The number of nitrogens with zero attached hydrogens (tertiary/aromatic N) is 3. The average molecular weight is 431 g/mol. The smallest absolute Gasteiger partial charge is 0.314 e. The molecular weight excluding hydrogens is 404 g/mol. The predicted octanol–water partition coefficient (Wildman–Crippen LogP) is 3.62. The SMILES string of the molecule is Cc1ccnc(NCC2CCC3(CC2)CN(S(C)(=O)=O)c2ccccc23)c1[N+](=O)[O-]. The van der Waals surface area contributed by atoms with Crippen LogP contribution < -0.4 is 9.62 Å². The monoisotopic (exact) mass is 430 g/mol. The first kappa shape index (κ1) is 20.6. The quantitative estimate of drug-likeness (QED) is 0.574. The van der Waals surface area contributed by atoms with Crippen LogP contribution in [0.5, 0.6) is 0 Å². The van der Waals surface area contributed by atoms with E-state index in [2.05, 4.69) is 16.4 Å². The molecule has 1 aromatic carbocycles. The van der Waals surface area contributed by atoms with E-state index < -0.39 is 14.9 Å². The number of fused-ring (bicyclic) bond motifs is 2. The van der Waals surface area contributed by atoms with Crippen molar-refractivity contribution in [3.8, 4) is 0 Å². The predicted molar refractivity (Wildman–Crippen MR) is 116 cm³/mol. The van der Waals surface area contributed by atoms with Crippen molar-refractivity contribution in [1.29, 1.82) is 0 Å². The summed E-state index contributed by atoms with van der Waals surface area (Å²) in [6.45, 7) is 2.82. The van der Waals surface area contributed by atoms with Gasteiger partial charge in [0.25, 0.3) is 0 Å². The maximum Gasteiger partial charge on any atom is 0.314 e. The molecule has 8 nitrogen and oxygen atoms in total. The van der Waals surface area contributed by atoms with Crippen LogP contribution in [0.25, 0.3) is 0 Å². The van der Waals surface area contributed by atoms with E-state index in [1.54, 1.807) is 23.5 Å². The number of aromatic nitrogens is 1. The van der Waals surface area contributed by atoms with Gasteiger partial charge in [0.15, 0.2) is 0 Å². The Morgan fingerprint density at radius 1 is 1.27 bits per heavy atom. The second-order valence-electron chi connectivity index (χ2n) is 8.47. The Morgan fingerprint density at radius 2 is 1.97 bits per heavy atom. The molecule has 1 aliphatic carbocycles. The van der Waals surface area contributed by atoms with Gasteiger partial charge in [-0.15, -0.1) is 0 Å². The van der Waals surface area contributed by atoms with Gasteiger partial charge < -0.3 is 5.32 Å². The Morgan fingerprint density at radius 3 is 2.63 bits per heavy atom. The van der Waals surface area contributed by atoms with Gasteiger partial charge in [0.05, 0.1) is 16.9 Å². The second kappa shape index (κ2) is 7.54. The number of anilines is 2. The maximum absolute atomic E-state index is 12.3. The summed E-state index contributed by atoms with van der Waals surface area (Å²) in [4.78, 5) is 15.1. The molecule has 0 bridgehead atoms. The molecule has 2 aliphatic rings. The van der Waals surface area contributed by atoms with E-state index in [0.29, 0.717) is 30.4 Å². The Balaban J connectivity index is 1.47. The Hall–Kier alpha value is -2.68. The lowest BCUT2D eigenvalue weighted by atomic mass is 9.68. The van der Waals surface area contributed by atoms with Gasteiger partial charge in [0, 0.05) is 30.3 Å². The highest BCUT2D eigenvalue weighted by Crippen LogP contribution is 2.50. The third-order valence-electron chi connectivity index (χ3n) is 6.52. The van der Waals surface area contributed by atoms with Crippen molar-refractivity contribution in [3.63, 3.8) is 0 Å². The molecule has 30 heavy (non-hydrogen) atoms. The largest absolute Gasteiger partial charge is 0.364 e. The lowest BCUT2D eigenvalue weighted by molar-refractivity contribution is -0.384. The fourth-order valence-corrected chi connectivity index (χ4v) is 5.89. The van der Waals surface area contributed by atoms with E-state index in [0.717, 1.165) is 36.9 Å². The molecule has 1 fully saturated rings. The van der Waals surface area contributed by atoms with Gasteiger partial charge in [0.2, 0.25) is 15.8 Å². The van der Waals surface area contributed by atoms with Crippen molar-refractivity contribution in [2.75, 3.05) is 29.0 Å². The molecule has 160 valence electrons. The Labute approximate surface area is 176 Å². The van der Waals surface area contributed by atoms with Crippen LogP contribution in [0.3, 0.4) is 0 Å². The molecule has 1 spiro atoms. The number of para-hydroxylation sites is 1. The zero-order valence-corrected chi connectivity index (χ0v) is 18.0. The third-order valence-corrected chi connectivity index (χ3v) is 7.65. The van der Waals surface area contributed by atoms with E-state index >= 15 is 0 Å². The normalized spacial score (nSPS) is 23.4. The molecule has 1 aromatic heterocycles. The lowest BCUT2D eigenvalue weighted by Gasteiger charge is -2.38. The van der Waals surface area contributed by atoms with Crippen molar-refractivity contribution in [2.45, 2.75) is 38.0 Å². The minimum absolute atomic E-state index is 0.0262. The fraction of sp³-hybridized carbons (Fsp3) is 0.476. The van der Waals surface area contributed by atoms with Gasteiger partial charge in [-0.3, -0.25) is 14.4 Å². The zero-order valence-electron chi connectivity index (χ0n) is 17.2.